The fourth-order valence-electron chi connectivity index (χ4n) is 9.41. The molecule has 2 aromatic heterocycles. The van der Waals surface area contributed by atoms with Gasteiger partial charge < -0.3 is 9.32 Å². The van der Waals surface area contributed by atoms with Crippen molar-refractivity contribution < 1.29 is 4.42 Å². The highest BCUT2D eigenvalue weighted by molar-refractivity contribution is 7.26. The van der Waals surface area contributed by atoms with Crippen LogP contribution in [0.3, 0.4) is 0 Å². The molecule has 0 aliphatic heterocycles. The lowest BCUT2D eigenvalue weighted by Crippen LogP contribution is -2.13. The highest BCUT2D eigenvalue weighted by Gasteiger charge is 2.25. The summed E-state index contributed by atoms with van der Waals surface area (Å²) < 4.78 is 8.78. The average Bonchev–Trinajstić information content (AvgIpc) is 3.93. The molecular formula is C60H39NOS. The van der Waals surface area contributed by atoms with E-state index in [0.717, 1.165) is 55.7 Å². The van der Waals surface area contributed by atoms with Crippen molar-refractivity contribution >= 4 is 70.5 Å². The van der Waals surface area contributed by atoms with Crippen molar-refractivity contribution in [2.75, 3.05) is 4.90 Å². The van der Waals surface area contributed by atoms with Gasteiger partial charge in [0, 0.05) is 53.3 Å². The first kappa shape index (κ1) is 36.8. The van der Waals surface area contributed by atoms with E-state index >= 15 is 0 Å². The Bertz CT molecular complexity index is 3620. The van der Waals surface area contributed by atoms with Crippen molar-refractivity contribution in [1.29, 1.82) is 0 Å². The second-order valence-corrected chi connectivity index (χ2v) is 17.0. The van der Waals surface area contributed by atoms with Crippen LogP contribution in [0.25, 0.3) is 97.7 Å². The number of anilines is 3. The molecule has 12 aromatic rings. The van der Waals surface area contributed by atoms with E-state index in [-0.39, 0.29) is 0 Å². The van der Waals surface area contributed by atoms with E-state index in [4.69, 9.17) is 4.42 Å². The van der Waals surface area contributed by atoms with Gasteiger partial charge in [0.15, 0.2) is 0 Å². The van der Waals surface area contributed by atoms with Gasteiger partial charge in [-0.05, 0) is 87.5 Å². The van der Waals surface area contributed by atoms with Crippen LogP contribution in [0, 0.1) is 0 Å². The Kier molecular flexibility index (Phi) is 9.06. The van der Waals surface area contributed by atoms with Crippen molar-refractivity contribution in [1.82, 2.24) is 0 Å². The Labute approximate surface area is 370 Å². The molecule has 296 valence electrons. The number of nitrogens with zero attached hydrogens (tertiary/aromatic N) is 1. The van der Waals surface area contributed by atoms with E-state index in [0.29, 0.717) is 0 Å². The van der Waals surface area contributed by atoms with E-state index in [9.17, 15) is 0 Å². The molecule has 2 nitrogen and oxygen atoms in total. The second-order valence-electron chi connectivity index (χ2n) is 16.0. The maximum absolute atomic E-state index is 6.20. The maximum Gasteiger partial charge on any atom is 0.135 e. The molecule has 0 bridgehead atoms. The largest absolute Gasteiger partial charge is 0.456 e. The van der Waals surface area contributed by atoms with Crippen LogP contribution >= 0.6 is 11.3 Å². The predicted octanol–water partition coefficient (Wildman–Crippen LogP) is 17.8. The first-order valence-corrected chi connectivity index (χ1v) is 22.2. The lowest BCUT2D eigenvalue weighted by molar-refractivity contribution is 0.669. The zero-order valence-electron chi connectivity index (χ0n) is 34.3. The van der Waals surface area contributed by atoms with Crippen LogP contribution < -0.4 is 4.90 Å². The number of thiophene rings is 1. The van der Waals surface area contributed by atoms with Crippen LogP contribution in [0.1, 0.15) is 0 Å². The third-order valence-corrected chi connectivity index (χ3v) is 13.5. The molecule has 0 atom stereocenters. The summed E-state index contributed by atoms with van der Waals surface area (Å²) >= 11 is 1.87. The number of benzene rings is 10. The van der Waals surface area contributed by atoms with Gasteiger partial charge in [-0.3, -0.25) is 0 Å². The summed E-state index contributed by atoms with van der Waals surface area (Å²) in [5, 5.41) is 4.83. The van der Waals surface area contributed by atoms with Crippen LogP contribution in [0.5, 0.6) is 0 Å². The van der Waals surface area contributed by atoms with Crippen molar-refractivity contribution in [2.24, 2.45) is 0 Å². The quantitative estimate of drug-likeness (QED) is 0.152. The number of para-hydroxylation sites is 2. The fraction of sp³-hybridized carbons (Fsp3) is 0. The van der Waals surface area contributed by atoms with Crippen LogP contribution in [0.4, 0.5) is 17.1 Å². The molecule has 63 heavy (non-hydrogen) atoms. The minimum absolute atomic E-state index is 0.898. The molecule has 0 radical (unpaired) electrons. The number of hydrogen-bond acceptors (Lipinski definition) is 3. The average molecular weight is 822 g/mol. The van der Waals surface area contributed by atoms with E-state index in [1.165, 1.54) is 59.1 Å². The smallest absolute Gasteiger partial charge is 0.135 e. The van der Waals surface area contributed by atoms with Crippen LogP contribution in [-0.4, -0.2) is 0 Å². The molecule has 3 heteroatoms. The Morgan fingerprint density at radius 2 is 0.873 bits per heavy atom. The van der Waals surface area contributed by atoms with Crippen molar-refractivity contribution in [3.63, 3.8) is 0 Å². The molecule has 2 heterocycles. The lowest BCUT2D eigenvalue weighted by atomic mass is 9.87. The molecule has 0 saturated heterocycles. The Morgan fingerprint density at radius 1 is 0.317 bits per heavy atom. The molecule has 0 aliphatic carbocycles. The molecule has 0 spiro atoms. The molecule has 0 saturated carbocycles. The summed E-state index contributed by atoms with van der Waals surface area (Å²) in [7, 11) is 0. The van der Waals surface area contributed by atoms with Gasteiger partial charge in [-0.15, -0.1) is 11.3 Å². The third-order valence-electron chi connectivity index (χ3n) is 12.3. The molecule has 0 fully saturated rings. The van der Waals surface area contributed by atoms with Gasteiger partial charge in [0.2, 0.25) is 0 Å². The van der Waals surface area contributed by atoms with E-state index in [2.05, 4.69) is 229 Å². The number of fused-ring (bicyclic) bond motifs is 6. The van der Waals surface area contributed by atoms with Gasteiger partial charge in [-0.25, -0.2) is 0 Å². The fourth-order valence-corrected chi connectivity index (χ4v) is 10.6. The van der Waals surface area contributed by atoms with Gasteiger partial charge in [0.05, 0.1) is 11.4 Å². The molecule has 0 N–H and O–H groups in total. The van der Waals surface area contributed by atoms with E-state index in [1.54, 1.807) is 0 Å². The van der Waals surface area contributed by atoms with Gasteiger partial charge in [-0.2, -0.15) is 0 Å². The Hall–Kier alpha value is -7.98. The standard InChI is InChI=1S/C60H39NOS/c1-3-17-41(18-4-1)45-21-7-8-25-50(45)59-46(42-19-5-2-6-20-42)26-16-30-55(59)61(44-36-33-40(34-37-44)43-35-38-57-53(39-43)48-23-10-13-31-56(48)62-57)54-29-12-9-22-47(54)51-27-15-28-52-49-24-11-14-32-58(49)63-60(51)52/h1-39H. The zero-order chi connectivity index (χ0) is 41.7. The molecule has 0 unspecified atom stereocenters. The summed E-state index contributed by atoms with van der Waals surface area (Å²) in [6.07, 6.45) is 0. The molecule has 12 rings (SSSR count). The summed E-state index contributed by atoms with van der Waals surface area (Å²) in [6, 6.07) is 85.6. The van der Waals surface area contributed by atoms with Crippen molar-refractivity contribution in [3.05, 3.63) is 237 Å². The SMILES string of the molecule is c1ccc(-c2ccccc2-c2c(-c3ccccc3)cccc2N(c2ccc(-c3ccc4oc5ccccc5c4c3)cc2)c2ccccc2-c2cccc3c2sc2ccccc23)cc1. The maximum atomic E-state index is 6.20. The summed E-state index contributed by atoms with van der Waals surface area (Å²) in [5.41, 5.74) is 16.8. The van der Waals surface area contributed by atoms with Gasteiger partial charge in [0.1, 0.15) is 11.2 Å². The molecule has 0 aliphatic rings. The minimum Gasteiger partial charge on any atom is -0.456 e. The second kappa shape index (κ2) is 15.5. The minimum atomic E-state index is 0.898. The predicted molar refractivity (Wildman–Crippen MR) is 268 cm³/mol. The summed E-state index contributed by atoms with van der Waals surface area (Å²) in [4.78, 5) is 2.49. The highest BCUT2D eigenvalue weighted by atomic mass is 32.1. The first-order valence-electron chi connectivity index (χ1n) is 21.4. The number of hydrogen-bond donors (Lipinski definition) is 0. The molecule has 10 aromatic carbocycles. The molecular weight excluding hydrogens is 783 g/mol. The third kappa shape index (κ3) is 6.41. The summed E-state index contributed by atoms with van der Waals surface area (Å²) in [6.45, 7) is 0. The van der Waals surface area contributed by atoms with Gasteiger partial charge in [0.25, 0.3) is 0 Å². The first-order chi connectivity index (χ1) is 31.3. The van der Waals surface area contributed by atoms with E-state index in [1.807, 2.05) is 23.5 Å². The highest BCUT2D eigenvalue weighted by Crippen LogP contribution is 2.51. The Morgan fingerprint density at radius 3 is 1.68 bits per heavy atom. The van der Waals surface area contributed by atoms with Gasteiger partial charge in [-0.1, -0.05) is 188 Å². The van der Waals surface area contributed by atoms with Crippen LogP contribution in [-0.2, 0) is 0 Å². The van der Waals surface area contributed by atoms with Gasteiger partial charge >= 0.3 is 0 Å². The normalized spacial score (nSPS) is 11.5. The molecule has 0 amide bonds. The monoisotopic (exact) mass is 821 g/mol. The lowest BCUT2D eigenvalue weighted by Gasteiger charge is -2.31. The van der Waals surface area contributed by atoms with Crippen molar-refractivity contribution in [2.45, 2.75) is 0 Å². The number of rotatable bonds is 8. The van der Waals surface area contributed by atoms with Crippen molar-refractivity contribution in [3.8, 4) is 55.6 Å². The topological polar surface area (TPSA) is 16.4 Å². The van der Waals surface area contributed by atoms with Crippen LogP contribution in [0.15, 0.2) is 241 Å². The Balaban J connectivity index is 1.11. The van der Waals surface area contributed by atoms with E-state index < -0.39 is 0 Å². The zero-order valence-corrected chi connectivity index (χ0v) is 35.1. The number of furan rings is 1. The van der Waals surface area contributed by atoms with Crippen LogP contribution in [0.2, 0.25) is 0 Å². The summed E-state index contributed by atoms with van der Waals surface area (Å²) in [5.74, 6) is 0.